The minimum atomic E-state index is -0.634. The molecule has 0 spiro atoms. The van der Waals surface area contributed by atoms with Gasteiger partial charge in [0.05, 0.1) is 11.2 Å². The number of hydrogen-bond acceptors (Lipinski definition) is 1. The maximum absolute atomic E-state index is 14.9. The second kappa shape index (κ2) is 11.0. The Bertz CT molecular complexity index is 2920. The molecule has 234 valence electrons. The molecule has 0 aliphatic carbocycles. The molecule has 0 N–H and O–H groups in total. The molecule has 3 heteroatoms. The minimum Gasteiger partial charge on any atom is -0.247 e. The largest absolute Gasteiger partial charge is 0.247 e. The van der Waals surface area contributed by atoms with E-state index in [0.29, 0.717) is 11.3 Å². The highest BCUT2D eigenvalue weighted by Gasteiger charge is 2.21. The van der Waals surface area contributed by atoms with Crippen LogP contribution >= 0.6 is 0 Å². The summed E-state index contributed by atoms with van der Waals surface area (Å²) in [5.41, 5.74) is 6.25. The number of nitrogens with zero attached hydrogens (tertiary/aromatic N) is 1. The maximum atomic E-state index is 14.9. The monoisotopic (exact) mass is 643 g/mol. The third-order valence-corrected chi connectivity index (χ3v) is 10.1. The summed E-state index contributed by atoms with van der Waals surface area (Å²) >= 11 is 0. The predicted octanol–water partition coefficient (Wildman–Crippen LogP) is 13.3. The van der Waals surface area contributed by atoms with E-state index in [1.54, 1.807) is 0 Å². The first-order chi connectivity index (χ1) is 24.6. The van der Waals surface area contributed by atoms with Gasteiger partial charge in [0.1, 0.15) is 11.6 Å². The lowest BCUT2D eigenvalue weighted by atomic mass is 9.85. The van der Waals surface area contributed by atoms with E-state index in [1.807, 2.05) is 24.3 Å². The highest BCUT2D eigenvalue weighted by molar-refractivity contribution is 6.34. The van der Waals surface area contributed by atoms with Crippen molar-refractivity contribution in [3.63, 3.8) is 0 Å². The van der Waals surface area contributed by atoms with Crippen LogP contribution in [0.2, 0.25) is 0 Å². The quantitative estimate of drug-likeness (QED) is 0.138. The summed E-state index contributed by atoms with van der Waals surface area (Å²) in [6, 6.07) is 54.5. The molecule has 9 aromatic carbocycles. The number of pyridine rings is 1. The lowest BCUT2D eigenvalue weighted by molar-refractivity contribution is 0.584. The van der Waals surface area contributed by atoms with Gasteiger partial charge in [-0.05, 0) is 83.5 Å². The highest BCUT2D eigenvalue weighted by Crippen LogP contribution is 2.46. The average Bonchev–Trinajstić information content (AvgIpc) is 3.16. The van der Waals surface area contributed by atoms with Gasteiger partial charge in [-0.2, -0.15) is 0 Å². The molecule has 50 heavy (non-hydrogen) atoms. The van der Waals surface area contributed by atoms with Gasteiger partial charge in [-0.1, -0.05) is 140 Å². The van der Waals surface area contributed by atoms with Crippen molar-refractivity contribution in [2.75, 3.05) is 0 Å². The van der Waals surface area contributed by atoms with Crippen LogP contribution in [0.15, 0.2) is 164 Å². The van der Waals surface area contributed by atoms with Gasteiger partial charge in [0, 0.05) is 27.8 Å². The molecule has 0 radical (unpaired) electrons. The number of fused-ring (bicyclic) bond motifs is 10. The zero-order valence-electron chi connectivity index (χ0n) is 26.8. The third-order valence-electron chi connectivity index (χ3n) is 10.1. The van der Waals surface area contributed by atoms with Gasteiger partial charge in [-0.3, -0.25) is 0 Å². The van der Waals surface area contributed by atoms with Gasteiger partial charge in [-0.25, -0.2) is 13.8 Å². The second-order valence-electron chi connectivity index (χ2n) is 12.9. The molecule has 1 nitrogen and oxygen atoms in total. The first-order valence-electron chi connectivity index (χ1n) is 16.8. The van der Waals surface area contributed by atoms with Crippen molar-refractivity contribution in [2.24, 2.45) is 0 Å². The second-order valence-corrected chi connectivity index (χ2v) is 12.9. The Balaban J connectivity index is 1.36. The van der Waals surface area contributed by atoms with Crippen molar-refractivity contribution in [1.82, 2.24) is 4.98 Å². The number of rotatable bonds is 3. The SMILES string of the molecule is Fc1cc(F)cc(-c2nc3cc(-c4c5ccccc5c(-c5ccccc5)c5ccccc45)ccc3c3c4ccccc4c4ccccc4c23)c1. The summed E-state index contributed by atoms with van der Waals surface area (Å²) in [5.74, 6) is -1.27. The summed E-state index contributed by atoms with van der Waals surface area (Å²) < 4.78 is 29.7. The summed E-state index contributed by atoms with van der Waals surface area (Å²) in [4.78, 5) is 5.29. The van der Waals surface area contributed by atoms with Crippen molar-refractivity contribution in [3.05, 3.63) is 175 Å². The van der Waals surface area contributed by atoms with Crippen molar-refractivity contribution < 1.29 is 8.78 Å². The van der Waals surface area contributed by atoms with E-state index < -0.39 is 11.6 Å². The van der Waals surface area contributed by atoms with Crippen LogP contribution in [-0.2, 0) is 0 Å². The van der Waals surface area contributed by atoms with Gasteiger partial charge >= 0.3 is 0 Å². The van der Waals surface area contributed by atoms with Crippen molar-refractivity contribution >= 4 is 64.8 Å². The van der Waals surface area contributed by atoms with E-state index in [4.69, 9.17) is 4.98 Å². The maximum Gasteiger partial charge on any atom is 0.126 e. The Morgan fingerprint density at radius 2 is 0.780 bits per heavy atom. The number of halogens is 2. The fourth-order valence-electron chi connectivity index (χ4n) is 8.09. The van der Waals surface area contributed by atoms with Gasteiger partial charge in [0.15, 0.2) is 0 Å². The molecular weight excluding hydrogens is 617 g/mol. The Labute approximate surface area is 286 Å². The molecule has 1 heterocycles. The molecule has 10 aromatic rings. The molecule has 0 unspecified atom stereocenters. The van der Waals surface area contributed by atoms with Crippen LogP contribution in [0.4, 0.5) is 8.78 Å². The average molecular weight is 644 g/mol. The predicted molar refractivity (Wildman–Crippen MR) is 205 cm³/mol. The zero-order valence-corrected chi connectivity index (χ0v) is 26.8. The van der Waals surface area contributed by atoms with Crippen molar-refractivity contribution in [3.8, 4) is 33.5 Å². The van der Waals surface area contributed by atoms with Gasteiger partial charge in [0.2, 0.25) is 0 Å². The summed E-state index contributed by atoms with van der Waals surface area (Å²) in [7, 11) is 0. The first kappa shape index (κ1) is 28.6. The standard InChI is InChI=1S/C47H27F2N/c48-31-24-30(25-32(49)27-31)47-46-36-17-7-5-15-34(36)33-14-4-6-16-35(33)45(46)41-23-22-29(26-42(41)50-47)44-39-20-10-8-18-37(39)43(28-12-2-1-3-13-28)38-19-9-11-21-40(38)44/h1-27H. The molecule has 0 fully saturated rings. The van der Waals surface area contributed by atoms with E-state index in [0.717, 1.165) is 71.2 Å². The third kappa shape index (κ3) is 4.27. The minimum absolute atomic E-state index is 0.406. The lowest BCUT2D eigenvalue weighted by Crippen LogP contribution is -1.95. The van der Waals surface area contributed by atoms with Gasteiger partial charge in [-0.15, -0.1) is 0 Å². The number of benzene rings is 9. The molecule has 0 saturated heterocycles. The molecule has 0 bridgehead atoms. The number of hydrogen-bond donors (Lipinski definition) is 0. The summed E-state index contributed by atoms with van der Waals surface area (Å²) in [6.07, 6.45) is 0. The Morgan fingerprint density at radius 1 is 0.320 bits per heavy atom. The van der Waals surface area contributed by atoms with Crippen LogP contribution in [0, 0.1) is 11.6 Å². The fourth-order valence-corrected chi connectivity index (χ4v) is 8.09. The molecule has 0 saturated carbocycles. The Hall–Kier alpha value is -6.45. The highest BCUT2D eigenvalue weighted by atomic mass is 19.1. The van der Waals surface area contributed by atoms with Crippen molar-refractivity contribution in [1.29, 1.82) is 0 Å². The molecular formula is C47H27F2N. The molecule has 0 atom stereocenters. The summed E-state index contributed by atoms with van der Waals surface area (Å²) in [6.45, 7) is 0. The molecule has 1 aromatic heterocycles. The van der Waals surface area contributed by atoms with Crippen LogP contribution in [-0.4, -0.2) is 4.98 Å². The van der Waals surface area contributed by atoms with Crippen LogP contribution < -0.4 is 0 Å². The Morgan fingerprint density at radius 3 is 1.34 bits per heavy atom. The van der Waals surface area contributed by atoms with E-state index in [2.05, 4.69) is 121 Å². The molecule has 0 aliphatic rings. The van der Waals surface area contributed by atoms with E-state index in [-0.39, 0.29) is 0 Å². The topological polar surface area (TPSA) is 12.9 Å². The van der Waals surface area contributed by atoms with Crippen LogP contribution in [0.25, 0.3) is 98.3 Å². The molecule has 10 rings (SSSR count). The molecule has 0 aliphatic heterocycles. The molecule has 0 amide bonds. The van der Waals surface area contributed by atoms with E-state index in [9.17, 15) is 8.78 Å². The first-order valence-corrected chi connectivity index (χ1v) is 16.8. The summed E-state index contributed by atoms with van der Waals surface area (Å²) in [5, 5.41) is 11.8. The van der Waals surface area contributed by atoms with Crippen LogP contribution in [0.5, 0.6) is 0 Å². The van der Waals surface area contributed by atoms with E-state index in [1.165, 1.54) is 34.0 Å². The van der Waals surface area contributed by atoms with E-state index >= 15 is 0 Å². The normalized spacial score (nSPS) is 11.8. The van der Waals surface area contributed by atoms with Crippen molar-refractivity contribution in [2.45, 2.75) is 0 Å². The van der Waals surface area contributed by atoms with Crippen LogP contribution in [0.3, 0.4) is 0 Å². The van der Waals surface area contributed by atoms with Gasteiger partial charge in [0.25, 0.3) is 0 Å². The smallest absolute Gasteiger partial charge is 0.126 e. The van der Waals surface area contributed by atoms with Crippen LogP contribution in [0.1, 0.15) is 0 Å². The fraction of sp³-hybridized carbons (Fsp3) is 0. The number of aromatic nitrogens is 1. The zero-order chi connectivity index (χ0) is 33.3. The Kier molecular flexibility index (Phi) is 6.31. The lowest BCUT2D eigenvalue weighted by Gasteiger charge is -2.19. The van der Waals surface area contributed by atoms with Gasteiger partial charge < -0.3 is 0 Å².